The first-order valence-corrected chi connectivity index (χ1v) is 9.49. The highest BCUT2D eigenvalue weighted by Crippen LogP contribution is 2.25. The van der Waals surface area contributed by atoms with Crippen molar-refractivity contribution in [1.82, 2.24) is 15.2 Å². The minimum Gasteiger partial charge on any atom is -0.484 e. The number of halogens is 1. The monoisotopic (exact) mass is 397 g/mol. The van der Waals surface area contributed by atoms with Gasteiger partial charge in [0.15, 0.2) is 12.4 Å². The van der Waals surface area contributed by atoms with E-state index in [1.165, 1.54) is 23.9 Å². The van der Waals surface area contributed by atoms with Gasteiger partial charge in [0.1, 0.15) is 11.6 Å². The summed E-state index contributed by atoms with van der Waals surface area (Å²) in [4.78, 5) is 4.23. The Bertz CT molecular complexity index is 1060. The van der Waals surface area contributed by atoms with Crippen molar-refractivity contribution < 1.29 is 18.0 Å². The van der Waals surface area contributed by atoms with Crippen LogP contribution in [0.4, 0.5) is 4.39 Å². The molecule has 0 atom stereocenters. The molecule has 4 rings (SSSR count). The highest BCUT2D eigenvalue weighted by molar-refractivity contribution is 7.98. The first-order chi connectivity index (χ1) is 13.7. The van der Waals surface area contributed by atoms with E-state index in [2.05, 4.69) is 15.2 Å². The standard InChI is InChI=1S/C20H16FN3O3S/c1-13-3-2-4-16(9-13)25-11-18-23-24-20(27-18)28-12-19-22-10-17(26-19)14-5-7-15(21)8-6-14/h2-10H,11-12H2,1H3. The van der Waals surface area contributed by atoms with Crippen molar-refractivity contribution in [2.45, 2.75) is 24.5 Å². The van der Waals surface area contributed by atoms with Gasteiger partial charge in [-0.3, -0.25) is 0 Å². The summed E-state index contributed by atoms with van der Waals surface area (Å²) in [5, 5.41) is 8.38. The van der Waals surface area contributed by atoms with Crippen LogP contribution in [0.1, 0.15) is 17.3 Å². The van der Waals surface area contributed by atoms with E-state index in [1.54, 1.807) is 18.3 Å². The molecule has 0 radical (unpaired) electrons. The van der Waals surface area contributed by atoms with Crippen LogP contribution in [-0.4, -0.2) is 15.2 Å². The van der Waals surface area contributed by atoms with Gasteiger partial charge in [0.25, 0.3) is 11.1 Å². The smallest absolute Gasteiger partial charge is 0.277 e. The molecule has 0 spiro atoms. The Morgan fingerprint density at radius 2 is 1.89 bits per heavy atom. The summed E-state index contributed by atoms with van der Waals surface area (Å²) in [6, 6.07) is 13.8. The molecule has 142 valence electrons. The molecule has 0 unspecified atom stereocenters. The summed E-state index contributed by atoms with van der Waals surface area (Å²) in [5.74, 6) is 2.37. The maximum absolute atomic E-state index is 13.0. The largest absolute Gasteiger partial charge is 0.484 e. The molecule has 0 aliphatic heterocycles. The van der Waals surface area contributed by atoms with Gasteiger partial charge < -0.3 is 13.6 Å². The lowest BCUT2D eigenvalue weighted by molar-refractivity contribution is 0.252. The Morgan fingerprint density at radius 3 is 2.71 bits per heavy atom. The summed E-state index contributed by atoms with van der Waals surface area (Å²) in [5.41, 5.74) is 1.88. The molecule has 0 saturated heterocycles. The first kappa shape index (κ1) is 18.2. The second-order valence-electron chi connectivity index (χ2n) is 5.98. The number of oxazole rings is 1. The molecule has 0 aliphatic rings. The summed E-state index contributed by atoms with van der Waals surface area (Å²) < 4.78 is 29.9. The van der Waals surface area contributed by atoms with Gasteiger partial charge in [-0.05, 0) is 48.9 Å². The third-order valence-electron chi connectivity index (χ3n) is 3.80. The van der Waals surface area contributed by atoms with Crippen molar-refractivity contribution in [3.63, 3.8) is 0 Å². The van der Waals surface area contributed by atoms with E-state index in [-0.39, 0.29) is 12.4 Å². The van der Waals surface area contributed by atoms with E-state index in [0.717, 1.165) is 16.9 Å². The van der Waals surface area contributed by atoms with E-state index >= 15 is 0 Å². The van der Waals surface area contributed by atoms with Gasteiger partial charge in [-0.25, -0.2) is 9.37 Å². The van der Waals surface area contributed by atoms with Crippen molar-refractivity contribution in [2.24, 2.45) is 0 Å². The van der Waals surface area contributed by atoms with Gasteiger partial charge in [0.2, 0.25) is 5.89 Å². The van der Waals surface area contributed by atoms with E-state index in [9.17, 15) is 4.39 Å². The zero-order chi connectivity index (χ0) is 19.3. The number of thioether (sulfide) groups is 1. The Morgan fingerprint density at radius 1 is 1.04 bits per heavy atom. The van der Waals surface area contributed by atoms with Crippen molar-refractivity contribution in [1.29, 1.82) is 0 Å². The topological polar surface area (TPSA) is 74.2 Å². The number of rotatable bonds is 7. The second-order valence-corrected chi connectivity index (χ2v) is 6.91. The highest BCUT2D eigenvalue weighted by Gasteiger charge is 2.11. The molecular weight excluding hydrogens is 381 g/mol. The van der Waals surface area contributed by atoms with Crippen molar-refractivity contribution in [3.05, 3.63) is 77.9 Å². The lowest BCUT2D eigenvalue weighted by Gasteiger charge is -2.03. The summed E-state index contributed by atoms with van der Waals surface area (Å²) in [6.07, 6.45) is 1.61. The Kier molecular flexibility index (Phi) is 5.38. The summed E-state index contributed by atoms with van der Waals surface area (Å²) in [7, 11) is 0. The quantitative estimate of drug-likeness (QED) is 0.404. The molecule has 2 aromatic heterocycles. The molecule has 0 bridgehead atoms. The number of aromatic nitrogens is 3. The Balaban J connectivity index is 1.31. The molecule has 0 aliphatic carbocycles. The molecule has 0 amide bonds. The molecule has 2 aromatic carbocycles. The van der Waals surface area contributed by atoms with Gasteiger partial charge in [-0.15, -0.1) is 10.2 Å². The van der Waals surface area contributed by atoms with Crippen LogP contribution >= 0.6 is 11.8 Å². The first-order valence-electron chi connectivity index (χ1n) is 8.51. The predicted octanol–water partition coefficient (Wildman–Crippen LogP) is 5.04. The van der Waals surface area contributed by atoms with Crippen LogP contribution in [-0.2, 0) is 12.4 Å². The lowest BCUT2D eigenvalue weighted by atomic mass is 10.2. The van der Waals surface area contributed by atoms with Gasteiger partial charge in [-0.1, -0.05) is 23.9 Å². The van der Waals surface area contributed by atoms with Crippen LogP contribution in [0.2, 0.25) is 0 Å². The SMILES string of the molecule is Cc1cccc(OCc2nnc(SCc3ncc(-c4ccc(F)cc4)o3)o2)c1. The van der Waals surface area contributed by atoms with Crippen LogP contribution in [0.3, 0.4) is 0 Å². The molecule has 8 heteroatoms. The molecule has 2 heterocycles. The van der Waals surface area contributed by atoms with E-state index in [0.29, 0.717) is 28.5 Å². The van der Waals surface area contributed by atoms with Gasteiger partial charge >= 0.3 is 0 Å². The molecule has 6 nitrogen and oxygen atoms in total. The van der Waals surface area contributed by atoms with E-state index in [1.807, 2.05) is 31.2 Å². The molecule has 0 N–H and O–H groups in total. The lowest BCUT2D eigenvalue weighted by Crippen LogP contribution is -1.95. The third-order valence-corrected chi connectivity index (χ3v) is 4.60. The minimum atomic E-state index is -0.294. The van der Waals surface area contributed by atoms with E-state index in [4.69, 9.17) is 13.6 Å². The van der Waals surface area contributed by atoms with Crippen molar-refractivity contribution in [3.8, 4) is 17.1 Å². The van der Waals surface area contributed by atoms with Crippen molar-refractivity contribution in [2.75, 3.05) is 0 Å². The highest BCUT2D eigenvalue weighted by atomic mass is 32.2. The van der Waals surface area contributed by atoms with Crippen LogP contribution in [0, 0.1) is 12.7 Å². The van der Waals surface area contributed by atoms with Crippen LogP contribution in [0.25, 0.3) is 11.3 Å². The fourth-order valence-corrected chi connectivity index (χ4v) is 3.09. The summed E-state index contributed by atoms with van der Waals surface area (Å²) in [6.45, 7) is 2.20. The van der Waals surface area contributed by atoms with Crippen LogP contribution in [0.5, 0.6) is 5.75 Å². The van der Waals surface area contributed by atoms with Crippen LogP contribution in [0.15, 0.2) is 68.8 Å². The maximum Gasteiger partial charge on any atom is 0.277 e. The fraction of sp³-hybridized carbons (Fsp3) is 0.150. The Labute approximate surface area is 164 Å². The number of nitrogens with zero attached hydrogens (tertiary/aromatic N) is 3. The number of ether oxygens (including phenoxy) is 1. The van der Waals surface area contributed by atoms with E-state index < -0.39 is 0 Å². The number of aryl methyl sites for hydroxylation is 1. The number of hydrogen-bond donors (Lipinski definition) is 0. The predicted molar refractivity (Wildman–Crippen MR) is 101 cm³/mol. The zero-order valence-electron chi connectivity index (χ0n) is 15.0. The molecule has 28 heavy (non-hydrogen) atoms. The van der Waals surface area contributed by atoms with Gasteiger partial charge in [0, 0.05) is 5.56 Å². The fourth-order valence-electron chi connectivity index (χ4n) is 2.45. The van der Waals surface area contributed by atoms with Gasteiger partial charge in [-0.2, -0.15) is 0 Å². The zero-order valence-corrected chi connectivity index (χ0v) is 15.8. The van der Waals surface area contributed by atoms with Gasteiger partial charge in [0.05, 0.1) is 11.9 Å². The second kappa shape index (κ2) is 8.26. The van der Waals surface area contributed by atoms with Crippen LogP contribution < -0.4 is 4.74 Å². The summed E-state index contributed by atoms with van der Waals surface area (Å²) >= 11 is 1.32. The molecule has 4 aromatic rings. The normalized spacial score (nSPS) is 10.9. The average Bonchev–Trinajstić information content (AvgIpc) is 3.35. The molecular formula is C20H16FN3O3S. The molecule has 0 saturated carbocycles. The number of benzene rings is 2. The minimum absolute atomic E-state index is 0.199. The maximum atomic E-state index is 13.0. The molecule has 0 fully saturated rings. The van der Waals surface area contributed by atoms with Crippen molar-refractivity contribution >= 4 is 11.8 Å². The number of hydrogen-bond acceptors (Lipinski definition) is 7. The Hall–Kier alpha value is -3.13. The average molecular weight is 397 g/mol. The third kappa shape index (κ3) is 4.58.